The van der Waals surface area contributed by atoms with Crippen LogP contribution < -0.4 is 10.6 Å². The molecule has 2 rings (SSSR count). The monoisotopic (exact) mass is 265 g/mol. The van der Waals surface area contributed by atoms with Gasteiger partial charge in [0.1, 0.15) is 0 Å². The van der Waals surface area contributed by atoms with Crippen LogP contribution in [0.3, 0.4) is 0 Å². The summed E-state index contributed by atoms with van der Waals surface area (Å²) >= 11 is 0. The van der Waals surface area contributed by atoms with Gasteiger partial charge >= 0.3 is 0 Å². The lowest BCUT2D eigenvalue weighted by atomic mass is 10.1. The molecule has 2 unspecified atom stereocenters. The van der Waals surface area contributed by atoms with Gasteiger partial charge in [0.25, 0.3) is 0 Å². The van der Waals surface area contributed by atoms with E-state index < -0.39 is 0 Å². The van der Waals surface area contributed by atoms with E-state index in [9.17, 15) is 5.11 Å². The van der Waals surface area contributed by atoms with E-state index in [-0.39, 0.29) is 24.7 Å². The highest BCUT2D eigenvalue weighted by atomic mass is 16.5. The Morgan fingerprint density at radius 1 is 1.47 bits per heavy atom. The van der Waals surface area contributed by atoms with Crippen molar-refractivity contribution in [3.63, 3.8) is 0 Å². The summed E-state index contributed by atoms with van der Waals surface area (Å²) in [5, 5.41) is 21.2. The molecule has 1 aliphatic rings. The quantitative estimate of drug-likeness (QED) is 0.318. The van der Waals surface area contributed by atoms with Crippen molar-refractivity contribution < 1.29 is 15.1 Å². The number of morpholine rings is 1. The summed E-state index contributed by atoms with van der Waals surface area (Å²) in [5.41, 5.74) is 7.25. The molecule has 1 aliphatic heterocycles. The highest BCUT2D eigenvalue weighted by Gasteiger charge is 2.26. The van der Waals surface area contributed by atoms with Crippen molar-refractivity contribution in [2.75, 3.05) is 24.6 Å². The fourth-order valence-corrected chi connectivity index (χ4v) is 2.36. The van der Waals surface area contributed by atoms with Crippen LogP contribution in [-0.4, -0.2) is 48.1 Å². The Bertz CT molecular complexity index is 464. The lowest BCUT2D eigenvalue weighted by molar-refractivity contribution is -0.0421. The molecule has 6 heteroatoms. The number of amidine groups is 1. The van der Waals surface area contributed by atoms with Crippen LogP contribution in [0.5, 0.6) is 0 Å². The van der Waals surface area contributed by atoms with Crippen LogP contribution in [0.1, 0.15) is 12.5 Å². The van der Waals surface area contributed by atoms with E-state index in [2.05, 4.69) is 10.1 Å². The Balaban J connectivity index is 2.30. The summed E-state index contributed by atoms with van der Waals surface area (Å²) in [4.78, 5) is 2.09. The molecule has 0 saturated carbocycles. The molecule has 1 fully saturated rings. The molecule has 1 saturated heterocycles. The molecule has 2 atom stereocenters. The van der Waals surface area contributed by atoms with E-state index in [1.165, 1.54) is 0 Å². The molecule has 1 heterocycles. The van der Waals surface area contributed by atoms with Crippen LogP contribution in [0.2, 0.25) is 0 Å². The lowest BCUT2D eigenvalue weighted by Crippen LogP contribution is -2.48. The minimum absolute atomic E-state index is 0.0197. The third kappa shape index (κ3) is 2.97. The molecule has 0 bridgehead atoms. The van der Waals surface area contributed by atoms with Crippen LogP contribution in [0, 0.1) is 0 Å². The number of hydrogen-bond acceptors (Lipinski definition) is 5. The van der Waals surface area contributed by atoms with Gasteiger partial charge in [-0.2, -0.15) is 0 Å². The van der Waals surface area contributed by atoms with Gasteiger partial charge in [-0.3, -0.25) is 0 Å². The van der Waals surface area contributed by atoms with E-state index in [0.29, 0.717) is 18.7 Å². The first-order valence-corrected chi connectivity index (χ1v) is 6.24. The number of rotatable bonds is 3. The third-order valence-electron chi connectivity index (χ3n) is 3.16. The number of aliphatic hydroxyl groups excluding tert-OH is 1. The number of benzene rings is 1. The van der Waals surface area contributed by atoms with Gasteiger partial charge in [0.05, 0.1) is 18.8 Å². The van der Waals surface area contributed by atoms with Crippen molar-refractivity contribution in [2.45, 2.75) is 19.1 Å². The van der Waals surface area contributed by atoms with E-state index in [1.807, 2.05) is 25.1 Å². The molecule has 19 heavy (non-hydrogen) atoms. The van der Waals surface area contributed by atoms with Crippen LogP contribution in [-0.2, 0) is 4.74 Å². The second-order valence-electron chi connectivity index (χ2n) is 4.66. The number of nitrogens with two attached hydrogens (primary N) is 1. The molecular weight excluding hydrogens is 246 g/mol. The Kier molecular flexibility index (Phi) is 4.24. The van der Waals surface area contributed by atoms with Gasteiger partial charge in [0.2, 0.25) is 0 Å². The molecule has 0 amide bonds. The summed E-state index contributed by atoms with van der Waals surface area (Å²) in [6.45, 7) is 3.22. The van der Waals surface area contributed by atoms with Gasteiger partial charge in [-0.05, 0) is 19.1 Å². The highest BCUT2D eigenvalue weighted by Crippen LogP contribution is 2.24. The largest absolute Gasteiger partial charge is 0.409 e. The molecule has 6 nitrogen and oxygen atoms in total. The third-order valence-corrected chi connectivity index (χ3v) is 3.16. The van der Waals surface area contributed by atoms with Crippen molar-refractivity contribution in [1.29, 1.82) is 0 Å². The molecule has 104 valence electrons. The molecule has 0 spiro atoms. The van der Waals surface area contributed by atoms with E-state index in [4.69, 9.17) is 15.7 Å². The van der Waals surface area contributed by atoms with Crippen molar-refractivity contribution in [3.05, 3.63) is 29.8 Å². The van der Waals surface area contributed by atoms with E-state index in [0.717, 1.165) is 5.69 Å². The van der Waals surface area contributed by atoms with Gasteiger partial charge in [-0.15, -0.1) is 0 Å². The van der Waals surface area contributed by atoms with Crippen LogP contribution in [0.4, 0.5) is 5.69 Å². The fourth-order valence-electron chi connectivity index (χ4n) is 2.36. The summed E-state index contributed by atoms with van der Waals surface area (Å²) < 4.78 is 5.61. The zero-order valence-electron chi connectivity index (χ0n) is 10.9. The number of oxime groups is 1. The maximum absolute atomic E-state index is 9.26. The summed E-state index contributed by atoms with van der Waals surface area (Å²) in [5.74, 6) is 0.0790. The molecule has 0 radical (unpaired) electrons. The van der Waals surface area contributed by atoms with Crippen LogP contribution in [0.15, 0.2) is 29.4 Å². The number of para-hydroxylation sites is 1. The van der Waals surface area contributed by atoms with Crippen LogP contribution in [0.25, 0.3) is 0 Å². The van der Waals surface area contributed by atoms with Gasteiger partial charge in [-0.1, -0.05) is 17.3 Å². The minimum Gasteiger partial charge on any atom is -0.409 e. The highest BCUT2D eigenvalue weighted by molar-refractivity contribution is 6.02. The maximum atomic E-state index is 9.26. The van der Waals surface area contributed by atoms with Gasteiger partial charge in [0.15, 0.2) is 5.84 Å². The lowest BCUT2D eigenvalue weighted by Gasteiger charge is -2.38. The van der Waals surface area contributed by atoms with E-state index >= 15 is 0 Å². The Morgan fingerprint density at radius 2 is 2.21 bits per heavy atom. The second kappa shape index (κ2) is 5.90. The first kappa shape index (κ1) is 13.6. The molecule has 0 aliphatic carbocycles. The summed E-state index contributed by atoms with van der Waals surface area (Å²) in [6.07, 6.45) is -0.199. The smallest absolute Gasteiger partial charge is 0.172 e. The standard InChI is InChI=1S/C13H19N3O3/c1-9-6-16(7-10(8-17)19-9)12-5-3-2-4-11(12)13(14)15-18/h2-5,9-10,17-18H,6-8H2,1H3,(H2,14,15). The van der Waals surface area contributed by atoms with Crippen molar-refractivity contribution in [3.8, 4) is 0 Å². The van der Waals surface area contributed by atoms with Gasteiger partial charge in [-0.25, -0.2) is 0 Å². The predicted molar refractivity (Wildman–Crippen MR) is 72.6 cm³/mol. The second-order valence-corrected chi connectivity index (χ2v) is 4.66. The molecule has 1 aromatic carbocycles. The zero-order valence-corrected chi connectivity index (χ0v) is 10.9. The van der Waals surface area contributed by atoms with E-state index in [1.54, 1.807) is 6.07 Å². The number of nitrogens with zero attached hydrogens (tertiary/aromatic N) is 2. The minimum atomic E-state index is -0.218. The van der Waals surface area contributed by atoms with Crippen molar-refractivity contribution in [2.24, 2.45) is 10.9 Å². The summed E-state index contributed by atoms with van der Waals surface area (Å²) in [6, 6.07) is 7.46. The Labute approximate surface area is 112 Å². The average Bonchev–Trinajstić information content (AvgIpc) is 2.45. The molecule has 1 aromatic rings. The Hall–Kier alpha value is -1.79. The molecule has 4 N–H and O–H groups in total. The zero-order chi connectivity index (χ0) is 13.8. The first-order chi connectivity index (χ1) is 9.15. The number of aliphatic hydroxyl groups is 1. The number of ether oxygens (including phenoxy) is 1. The van der Waals surface area contributed by atoms with Gasteiger partial charge < -0.3 is 25.7 Å². The maximum Gasteiger partial charge on any atom is 0.172 e. The molecule has 0 aromatic heterocycles. The van der Waals surface area contributed by atoms with Crippen LogP contribution >= 0.6 is 0 Å². The van der Waals surface area contributed by atoms with Gasteiger partial charge in [0, 0.05) is 24.3 Å². The topological polar surface area (TPSA) is 91.3 Å². The molecular formula is C13H19N3O3. The SMILES string of the molecule is CC1CN(c2ccccc2/C(N)=N/O)CC(CO)O1. The summed E-state index contributed by atoms with van der Waals surface area (Å²) in [7, 11) is 0. The average molecular weight is 265 g/mol. The van der Waals surface area contributed by atoms with Crippen molar-refractivity contribution in [1.82, 2.24) is 0 Å². The number of hydrogen-bond donors (Lipinski definition) is 3. The predicted octanol–water partition coefficient (Wildman–Crippen LogP) is 0.367. The Morgan fingerprint density at radius 3 is 2.89 bits per heavy atom. The van der Waals surface area contributed by atoms with Crippen molar-refractivity contribution >= 4 is 11.5 Å². The fraction of sp³-hybridized carbons (Fsp3) is 0.462. The number of anilines is 1. The normalized spacial score (nSPS) is 24.5. The first-order valence-electron chi connectivity index (χ1n) is 6.24.